The first-order chi connectivity index (χ1) is 7.24. The van der Waals surface area contributed by atoms with Crippen LogP contribution in [0.1, 0.15) is 26.7 Å². The molecule has 0 aromatic rings. The second kappa shape index (κ2) is 9.13. The Bertz CT molecular complexity index is 283. The maximum absolute atomic E-state index is 4.30. The third-order valence-electron chi connectivity index (χ3n) is 1.68. The Morgan fingerprint density at radius 1 is 1.33 bits per heavy atom. The molecule has 0 rings (SSSR count). The van der Waals surface area contributed by atoms with Crippen molar-refractivity contribution >= 4 is 11.9 Å². The summed E-state index contributed by atoms with van der Waals surface area (Å²) in [5.74, 6) is 0. The molecule has 0 fully saturated rings. The van der Waals surface area contributed by atoms with Gasteiger partial charge in [0.05, 0.1) is 0 Å². The van der Waals surface area contributed by atoms with E-state index in [9.17, 15) is 0 Å². The Kier molecular flexibility index (Phi) is 8.25. The van der Waals surface area contributed by atoms with Crippen LogP contribution in [-0.4, -0.2) is 18.5 Å². The highest BCUT2D eigenvalue weighted by Crippen LogP contribution is 2.00. The lowest BCUT2D eigenvalue weighted by Crippen LogP contribution is -1.91. The molecule has 0 saturated heterocycles. The highest BCUT2D eigenvalue weighted by Gasteiger charge is 1.91. The summed E-state index contributed by atoms with van der Waals surface area (Å²) < 4.78 is 0. The van der Waals surface area contributed by atoms with E-state index >= 15 is 0 Å². The standard InChI is InChI=1S/C13H20N2/c1-5-8-13(11-14-9-6-2)10-12(4)15-7-3/h5,7,10-11H,1,3,6,8-9H2,2,4H3/b13-10+,14-11?,15-12?. The molecule has 0 aliphatic rings. The minimum atomic E-state index is 0.817. The van der Waals surface area contributed by atoms with Crippen molar-refractivity contribution in [3.8, 4) is 0 Å². The molecule has 0 N–H and O–H groups in total. The van der Waals surface area contributed by atoms with Gasteiger partial charge in [0.2, 0.25) is 0 Å². The molecule has 0 radical (unpaired) electrons. The zero-order valence-electron chi connectivity index (χ0n) is 9.74. The number of allylic oxidation sites excluding steroid dienone is 3. The second-order valence-corrected chi connectivity index (χ2v) is 3.20. The molecule has 0 bridgehead atoms. The van der Waals surface area contributed by atoms with E-state index in [0.29, 0.717) is 0 Å². The largest absolute Gasteiger partial charge is 0.293 e. The maximum atomic E-state index is 4.30. The van der Waals surface area contributed by atoms with Crippen molar-refractivity contribution in [3.05, 3.63) is 37.1 Å². The lowest BCUT2D eigenvalue weighted by Gasteiger charge is -1.97. The summed E-state index contributed by atoms with van der Waals surface area (Å²) >= 11 is 0. The molecule has 15 heavy (non-hydrogen) atoms. The van der Waals surface area contributed by atoms with E-state index in [2.05, 4.69) is 30.1 Å². The van der Waals surface area contributed by atoms with Gasteiger partial charge in [-0.2, -0.15) is 0 Å². The minimum absolute atomic E-state index is 0.817. The lowest BCUT2D eigenvalue weighted by atomic mass is 10.1. The predicted molar refractivity (Wildman–Crippen MR) is 69.9 cm³/mol. The van der Waals surface area contributed by atoms with Crippen LogP contribution in [0.5, 0.6) is 0 Å². The van der Waals surface area contributed by atoms with Gasteiger partial charge in [-0.05, 0) is 31.4 Å². The van der Waals surface area contributed by atoms with Gasteiger partial charge in [-0.1, -0.05) is 19.6 Å². The average Bonchev–Trinajstić information content (AvgIpc) is 2.18. The summed E-state index contributed by atoms with van der Waals surface area (Å²) in [4.78, 5) is 8.38. The van der Waals surface area contributed by atoms with Crippen molar-refractivity contribution in [3.63, 3.8) is 0 Å². The van der Waals surface area contributed by atoms with E-state index in [1.54, 1.807) is 6.20 Å². The number of aliphatic imine (C=N–C) groups is 2. The number of hydrogen-bond acceptors (Lipinski definition) is 2. The van der Waals surface area contributed by atoms with Gasteiger partial charge in [0.25, 0.3) is 0 Å². The Balaban J connectivity index is 4.56. The number of rotatable bonds is 7. The zero-order valence-corrected chi connectivity index (χ0v) is 9.74. The van der Waals surface area contributed by atoms with Crippen LogP contribution in [0.15, 0.2) is 47.1 Å². The molecule has 0 amide bonds. The van der Waals surface area contributed by atoms with Crippen LogP contribution in [0.25, 0.3) is 0 Å². The van der Waals surface area contributed by atoms with Crippen molar-refractivity contribution in [2.24, 2.45) is 9.98 Å². The third kappa shape index (κ3) is 7.62. The van der Waals surface area contributed by atoms with Gasteiger partial charge < -0.3 is 0 Å². The molecule has 0 atom stereocenters. The van der Waals surface area contributed by atoms with E-state index in [-0.39, 0.29) is 0 Å². The fourth-order valence-electron chi connectivity index (χ4n) is 1.08. The van der Waals surface area contributed by atoms with Crippen molar-refractivity contribution in [2.45, 2.75) is 26.7 Å². The fourth-order valence-corrected chi connectivity index (χ4v) is 1.08. The van der Waals surface area contributed by atoms with Gasteiger partial charge in [-0.3, -0.25) is 9.98 Å². The summed E-state index contributed by atoms with van der Waals surface area (Å²) in [6.45, 7) is 12.2. The van der Waals surface area contributed by atoms with Gasteiger partial charge in [0, 0.05) is 24.7 Å². The minimum Gasteiger partial charge on any atom is -0.293 e. The monoisotopic (exact) mass is 204 g/mol. The van der Waals surface area contributed by atoms with Gasteiger partial charge in [-0.25, -0.2) is 0 Å². The van der Waals surface area contributed by atoms with Crippen LogP contribution in [0.4, 0.5) is 0 Å². The van der Waals surface area contributed by atoms with Crippen LogP contribution in [0, 0.1) is 0 Å². The van der Waals surface area contributed by atoms with E-state index in [1.165, 1.54) is 0 Å². The zero-order chi connectivity index (χ0) is 11.5. The average molecular weight is 204 g/mol. The van der Waals surface area contributed by atoms with Crippen LogP contribution >= 0.6 is 0 Å². The molecule has 0 aliphatic heterocycles. The second-order valence-electron chi connectivity index (χ2n) is 3.20. The summed E-state index contributed by atoms with van der Waals surface area (Å²) in [6.07, 6.45) is 9.19. The Hall–Kier alpha value is -1.44. The normalized spacial score (nSPS) is 13.2. The molecule has 0 saturated carbocycles. The molecule has 0 aliphatic carbocycles. The molecule has 0 unspecified atom stereocenters. The van der Waals surface area contributed by atoms with Crippen molar-refractivity contribution in [1.82, 2.24) is 0 Å². The summed E-state index contributed by atoms with van der Waals surface area (Å²) in [5, 5.41) is 0. The summed E-state index contributed by atoms with van der Waals surface area (Å²) in [5.41, 5.74) is 2.06. The molecule has 2 heteroatoms. The molecule has 82 valence electrons. The molecule has 0 aromatic carbocycles. The molecule has 2 nitrogen and oxygen atoms in total. The van der Waals surface area contributed by atoms with E-state index in [1.807, 2.05) is 25.3 Å². The Labute approximate surface area is 92.8 Å². The first-order valence-corrected chi connectivity index (χ1v) is 5.21. The number of nitrogens with zero attached hydrogens (tertiary/aromatic N) is 2. The Morgan fingerprint density at radius 2 is 2.07 bits per heavy atom. The van der Waals surface area contributed by atoms with Gasteiger partial charge >= 0.3 is 0 Å². The van der Waals surface area contributed by atoms with Crippen molar-refractivity contribution in [2.75, 3.05) is 6.54 Å². The summed E-state index contributed by atoms with van der Waals surface area (Å²) in [7, 11) is 0. The third-order valence-corrected chi connectivity index (χ3v) is 1.68. The van der Waals surface area contributed by atoms with Crippen LogP contribution in [0.3, 0.4) is 0 Å². The molecule has 0 heterocycles. The first kappa shape index (κ1) is 13.6. The molecular formula is C13H20N2. The van der Waals surface area contributed by atoms with Crippen LogP contribution in [-0.2, 0) is 0 Å². The maximum Gasteiger partial charge on any atom is 0.0386 e. The van der Waals surface area contributed by atoms with Gasteiger partial charge in [-0.15, -0.1) is 6.58 Å². The quantitative estimate of drug-likeness (QED) is 0.447. The lowest BCUT2D eigenvalue weighted by molar-refractivity contribution is 0.936. The molecule has 0 aromatic heterocycles. The summed E-state index contributed by atoms with van der Waals surface area (Å²) in [6, 6.07) is 0. The van der Waals surface area contributed by atoms with Crippen LogP contribution < -0.4 is 0 Å². The van der Waals surface area contributed by atoms with E-state index in [4.69, 9.17) is 0 Å². The predicted octanol–water partition coefficient (Wildman–Crippen LogP) is 3.57. The van der Waals surface area contributed by atoms with Gasteiger partial charge in [0.1, 0.15) is 0 Å². The highest BCUT2D eigenvalue weighted by atomic mass is 14.7. The van der Waals surface area contributed by atoms with Crippen molar-refractivity contribution in [1.29, 1.82) is 0 Å². The van der Waals surface area contributed by atoms with E-state index < -0.39 is 0 Å². The number of hydrogen-bond donors (Lipinski definition) is 0. The topological polar surface area (TPSA) is 24.7 Å². The highest BCUT2D eigenvalue weighted by molar-refractivity contribution is 5.98. The van der Waals surface area contributed by atoms with Gasteiger partial charge in [0.15, 0.2) is 0 Å². The molecular weight excluding hydrogens is 184 g/mol. The SMILES string of the molecule is C=CC/C(C=NCCC)=C\C(C)=NC=C. The fraction of sp³-hybridized carbons (Fsp3) is 0.385. The van der Waals surface area contributed by atoms with Crippen molar-refractivity contribution < 1.29 is 0 Å². The van der Waals surface area contributed by atoms with Crippen LogP contribution in [0.2, 0.25) is 0 Å². The Morgan fingerprint density at radius 3 is 2.60 bits per heavy atom. The smallest absolute Gasteiger partial charge is 0.0386 e. The molecule has 0 spiro atoms. The first-order valence-electron chi connectivity index (χ1n) is 5.21. The van der Waals surface area contributed by atoms with E-state index in [0.717, 1.165) is 30.7 Å².